The molecule has 15 heavy (non-hydrogen) atoms. The van der Waals surface area contributed by atoms with Crippen LogP contribution in [0.4, 0.5) is 0 Å². The maximum absolute atomic E-state index is 10.5. The molecule has 0 aliphatic carbocycles. The fourth-order valence-corrected chi connectivity index (χ4v) is 0.872. The Morgan fingerprint density at radius 2 is 2.13 bits per heavy atom. The van der Waals surface area contributed by atoms with Crippen LogP contribution in [-0.4, -0.2) is 26.9 Å². The third-order valence-electron chi connectivity index (χ3n) is 1.79. The van der Waals surface area contributed by atoms with Crippen LogP contribution in [0.2, 0.25) is 0 Å². The summed E-state index contributed by atoms with van der Waals surface area (Å²) in [5, 5.41) is 17.9. The van der Waals surface area contributed by atoms with Crippen molar-refractivity contribution in [3.8, 4) is 0 Å². The monoisotopic (exact) mass is 211 g/mol. The predicted molar refractivity (Wildman–Crippen MR) is 52.5 cm³/mol. The lowest BCUT2D eigenvalue weighted by atomic mass is 10.3. The Kier molecular flexibility index (Phi) is 3.73. The van der Waals surface area contributed by atoms with E-state index < -0.39 is 11.7 Å². The van der Waals surface area contributed by atoms with Gasteiger partial charge in [0, 0.05) is 18.9 Å². The highest BCUT2D eigenvalue weighted by Crippen LogP contribution is 1.97. The van der Waals surface area contributed by atoms with E-state index in [9.17, 15) is 9.90 Å². The minimum atomic E-state index is -1.98. The number of nitrogens with zero attached hydrogens (tertiary/aromatic N) is 1. The van der Waals surface area contributed by atoms with Crippen molar-refractivity contribution in [1.82, 2.24) is 15.8 Å². The smallest absolute Gasteiger partial charge is 0.352 e. The molecule has 0 aliphatic rings. The van der Waals surface area contributed by atoms with Crippen molar-refractivity contribution in [3.63, 3.8) is 0 Å². The van der Waals surface area contributed by atoms with Gasteiger partial charge in [0.05, 0.1) is 0 Å². The Morgan fingerprint density at radius 3 is 2.67 bits per heavy atom. The van der Waals surface area contributed by atoms with Crippen LogP contribution in [0.3, 0.4) is 0 Å². The summed E-state index contributed by atoms with van der Waals surface area (Å²) in [6, 6.07) is 3.56. The van der Waals surface area contributed by atoms with E-state index in [2.05, 4.69) is 15.8 Å². The molecular weight excluding hydrogens is 198 g/mol. The topological polar surface area (TPSA) is 94.5 Å². The van der Waals surface area contributed by atoms with Crippen LogP contribution in [0.5, 0.6) is 0 Å². The summed E-state index contributed by atoms with van der Waals surface area (Å²) in [4.78, 5) is 14.3. The van der Waals surface area contributed by atoms with Crippen molar-refractivity contribution in [2.75, 3.05) is 0 Å². The average Bonchev–Trinajstić information content (AvgIpc) is 2.19. The maximum atomic E-state index is 10.5. The number of carbonyl (C=O) groups is 1. The molecule has 0 bridgehead atoms. The number of carboxylic acids is 1. The van der Waals surface area contributed by atoms with Gasteiger partial charge in [-0.05, 0) is 24.6 Å². The van der Waals surface area contributed by atoms with Crippen LogP contribution in [-0.2, 0) is 11.3 Å². The highest BCUT2D eigenvalue weighted by atomic mass is 16.4. The van der Waals surface area contributed by atoms with Gasteiger partial charge in [-0.15, -0.1) is 0 Å². The van der Waals surface area contributed by atoms with Gasteiger partial charge in [0.15, 0.2) is 0 Å². The largest absolute Gasteiger partial charge is 0.478 e. The van der Waals surface area contributed by atoms with Crippen molar-refractivity contribution >= 4 is 5.97 Å². The van der Waals surface area contributed by atoms with Gasteiger partial charge in [-0.2, -0.15) is 0 Å². The minimum absolute atomic E-state index is 0.395. The van der Waals surface area contributed by atoms with E-state index in [1.165, 1.54) is 0 Å². The summed E-state index contributed by atoms with van der Waals surface area (Å²) in [5.41, 5.74) is 3.86. The van der Waals surface area contributed by atoms with Crippen molar-refractivity contribution in [3.05, 3.63) is 30.1 Å². The molecule has 0 spiro atoms. The van der Waals surface area contributed by atoms with E-state index in [-0.39, 0.29) is 0 Å². The number of pyridine rings is 1. The molecule has 1 unspecified atom stereocenters. The van der Waals surface area contributed by atoms with Gasteiger partial charge >= 0.3 is 5.97 Å². The van der Waals surface area contributed by atoms with Gasteiger partial charge < -0.3 is 10.2 Å². The molecule has 1 heterocycles. The minimum Gasteiger partial charge on any atom is -0.478 e. The molecule has 0 radical (unpaired) electrons. The zero-order chi connectivity index (χ0) is 11.3. The van der Waals surface area contributed by atoms with E-state index in [0.717, 1.165) is 12.5 Å². The number of hydrogen-bond donors (Lipinski definition) is 4. The second-order valence-electron chi connectivity index (χ2n) is 3.21. The first kappa shape index (κ1) is 11.6. The third kappa shape index (κ3) is 3.62. The number of aliphatic carboxylic acids is 1. The number of aromatic nitrogens is 1. The molecule has 1 aromatic heterocycles. The number of nitrogens with one attached hydrogen (secondary N) is 2. The first-order valence-electron chi connectivity index (χ1n) is 4.37. The number of aliphatic hydroxyl groups is 1. The van der Waals surface area contributed by atoms with Gasteiger partial charge in [0.25, 0.3) is 0 Å². The first-order chi connectivity index (χ1) is 7.02. The molecule has 0 fully saturated rings. The van der Waals surface area contributed by atoms with Crippen LogP contribution < -0.4 is 10.9 Å². The molecule has 1 rings (SSSR count). The predicted octanol–water partition coefficient (Wildman–Crippen LogP) is -0.531. The normalized spacial score (nSPS) is 14.5. The molecule has 0 aliphatic heterocycles. The number of hydrazine groups is 1. The molecule has 0 amide bonds. The van der Waals surface area contributed by atoms with Gasteiger partial charge in [0.2, 0.25) is 5.72 Å². The maximum Gasteiger partial charge on any atom is 0.352 e. The Hall–Kier alpha value is -1.50. The van der Waals surface area contributed by atoms with Gasteiger partial charge in [0.1, 0.15) is 0 Å². The van der Waals surface area contributed by atoms with E-state index in [1.54, 1.807) is 24.5 Å². The van der Waals surface area contributed by atoms with Crippen molar-refractivity contribution in [2.45, 2.75) is 19.2 Å². The van der Waals surface area contributed by atoms with Crippen LogP contribution in [0, 0.1) is 0 Å². The Balaban J connectivity index is 2.37. The van der Waals surface area contributed by atoms with Crippen LogP contribution in [0.1, 0.15) is 12.5 Å². The summed E-state index contributed by atoms with van der Waals surface area (Å²) >= 11 is 0. The standard InChI is InChI=1S/C9H13N3O3/c1-9(15,8(13)14)12-11-6-7-2-4-10-5-3-7/h2-5,11-12,15H,6H2,1H3,(H,13,14). The zero-order valence-corrected chi connectivity index (χ0v) is 8.27. The lowest BCUT2D eigenvalue weighted by Crippen LogP contribution is -2.55. The molecule has 0 saturated carbocycles. The van der Waals surface area contributed by atoms with E-state index in [0.29, 0.717) is 6.54 Å². The Morgan fingerprint density at radius 1 is 1.53 bits per heavy atom. The summed E-state index contributed by atoms with van der Waals surface area (Å²) in [7, 11) is 0. The Labute approximate surface area is 86.9 Å². The average molecular weight is 211 g/mol. The van der Waals surface area contributed by atoms with E-state index in [1.807, 2.05) is 0 Å². The third-order valence-corrected chi connectivity index (χ3v) is 1.79. The summed E-state index contributed by atoms with van der Waals surface area (Å²) < 4.78 is 0. The fraction of sp³-hybridized carbons (Fsp3) is 0.333. The molecule has 6 nitrogen and oxygen atoms in total. The summed E-state index contributed by atoms with van der Waals surface area (Å²) in [6.07, 6.45) is 3.26. The van der Waals surface area contributed by atoms with Gasteiger partial charge in [-0.1, -0.05) is 0 Å². The number of carboxylic acid groups (broad SMARTS) is 1. The second kappa shape index (κ2) is 4.83. The lowest BCUT2D eigenvalue weighted by Gasteiger charge is -2.20. The molecule has 4 N–H and O–H groups in total. The van der Waals surface area contributed by atoms with Gasteiger partial charge in [-0.25, -0.2) is 10.2 Å². The Bertz CT molecular complexity index is 327. The van der Waals surface area contributed by atoms with Crippen LogP contribution in [0.15, 0.2) is 24.5 Å². The molecule has 1 aromatic rings. The lowest BCUT2D eigenvalue weighted by molar-refractivity contribution is -0.161. The molecule has 6 heteroatoms. The molecular formula is C9H13N3O3. The highest BCUT2D eigenvalue weighted by molar-refractivity contribution is 5.75. The summed E-state index contributed by atoms with van der Waals surface area (Å²) in [5.74, 6) is -1.34. The van der Waals surface area contributed by atoms with Crippen LogP contribution in [0.25, 0.3) is 0 Å². The van der Waals surface area contributed by atoms with Crippen molar-refractivity contribution < 1.29 is 15.0 Å². The van der Waals surface area contributed by atoms with Crippen molar-refractivity contribution in [2.24, 2.45) is 0 Å². The van der Waals surface area contributed by atoms with E-state index >= 15 is 0 Å². The molecule has 0 saturated heterocycles. The zero-order valence-electron chi connectivity index (χ0n) is 8.27. The molecule has 1 atom stereocenters. The van der Waals surface area contributed by atoms with Gasteiger partial charge in [-0.3, -0.25) is 10.4 Å². The quantitative estimate of drug-likeness (QED) is 0.386. The summed E-state index contributed by atoms with van der Waals surface area (Å²) in [6.45, 7) is 1.54. The molecule has 0 aromatic carbocycles. The number of rotatable bonds is 5. The first-order valence-corrected chi connectivity index (χ1v) is 4.37. The van der Waals surface area contributed by atoms with Crippen molar-refractivity contribution in [1.29, 1.82) is 0 Å². The molecule has 82 valence electrons. The fourth-order valence-electron chi connectivity index (χ4n) is 0.872. The van der Waals surface area contributed by atoms with Crippen LogP contribution >= 0.6 is 0 Å². The SMILES string of the molecule is CC(O)(NNCc1ccncc1)C(=O)O. The highest BCUT2D eigenvalue weighted by Gasteiger charge is 2.28. The number of hydrogen-bond acceptors (Lipinski definition) is 5. The van der Waals surface area contributed by atoms with E-state index in [4.69, 9.17) is 5.11 Å². The second-order valence-corrected chi connectivity index (χ2v) is 3.21.